The van der Waals surface area contributed by atoms with Crippen LogP contribution in [0.25, 0.3) is 5.57 Å². The quantitative estimate of drug-likeness (QED) is 0.416. The van der Waals surface area contributed by atoms with Crippen LogP contribution in [0.5, 0.6) is 5.75 Å². The minimum atomic E-state index is -0.251. The Hall–Kier alpha value is -2.42. The van der Waals surface area contributed by atoms with Crippen molar-refractivity contribution in [1.82, 2.24) is 14.7 Å². The minimum absolute atomic E-state index is 0.116. The van der Waals surface area contributed by atoms with E-state index in [4.69, 9.17) is 9.47 Å². The third-order valence-corrected chi connectivity index (χ3v) is 5.58. The molecule has 0 radical (unpaired) electrons. The van der Waals surface area contributed by atoms with Crippen molar-refractivity contribution in [2.45, 2.75) is 20.3 Å². The van der Waals surface area contributed by atoms with E-state index < -0.39 is 0 Å². The van der Waals surface area contributed by atoms with Gasteiger partial charge in [0, 0.05) is 52.5 Å². The highest BCUT2D eigenvalue weighted by Crippen LogP contribution is 2.33. The smallest absolute Gasteiger partial charge is 0.277 e. The molecule has 1 fully saturated rings. The fourth-order valence-electron chi connectivity index (χ4n) is 4.01. The molecule has 0 unspecified atom stereocenters. The van der Waals surface area contributed by atoms with E-state index in [1.807, 2.05) is 43.0 Å². The average Bonchev–Trinajstić information content (AvgIpc) is 3.03. The molecule has 31 heavy (non-hydrogen) atoms. The van der Waals surface area contributed by atoms with E-state index in [0.717, 1.165) is 24.4 Å². The van der Waals surface area contributed by atoms with E-state index in [2.05, 4.69) is 4.90 Å². The predicted molar refractivity (Wildman–Crippen MR) is 117 cm³/mol. The number of amides is 2. The summed E-state index contributed by atoms with van der Waals surface area (Å²) in [4.78, 5) is 32.2. The van der Waals surface area contributed by atoms with Crippen molar-refractivity contribution in [3.8, 4) is 5.75 Å². The summed E-state index contributed by atoms with van der Waals surface area (Å²) in [5.74, 6) is 0.246. The molecule has 1 N–H and O–H groups in total. The van der Waals surface area contributed by atoms with Crippen molar-refractivity contribution in [3.05, 3.63) is 35.5 Å². The van der Waals surface area contributed by atoms with Crippen molar-refractivity contribution in [1.29, 1.82) is 0 Å². The molecular formula is C23H33N3O5. The molecule has 8 nitrogen and oxygen atoms in total. The van der Waals surface area contributed by atoms with Gasteiger partial charge < -0.3 is 19.5 Å². The number of rotatable bonds is 11. The molecule has 0 atom stereocenters. The standard InChI is InChI=1S/C23H33N3O5/c1-3-30-17-5-10-26-22(28)20(18-6-8-19(9-7-18)31-4-2)21(23(26)29)25-13-11-24(12-14-25)15-16-27/h6-9,27H,3-5,10-17H2,1-2H3. The number of aliphatic hydroxyl groups is 1. The fraction of sp³-hybridized carbons (Fsp3) is 0.565. The second-order valence-electron chi connectivity index (χ2n) is 7.55. The third-order valence-electron chi connectivity index (χ3n) is 5.58. The zero-order chi connectivity index (χ0) is 22.2. The van der Waals surface area contributed by atoms with Crippen LogP contribution in [0.1, 0.15) is 25.8 Å². The van der Waals surface area contributed by atoms with Gasteiger partial charge in [-0.25, -0.2) is 0 Å². The average molecular weight is 432 g/mol. The second kappa shape index (κ2) is 11.3. The Morgan fingerprint density at radius 2 is 1.65 bits per heavy atom. The molecule has 0 bridgehead atoms. The lowest BCUT2D eigenvalue weighted by molar-refractivity contribution is -0.137. The van der Waals surface area contributed by atoms with E-state index >= 15 is 0 Å². The summed E-state index contributed by atoms with van der Waals surface area (Å²) in [6.07, 6.45) is 0.611. The number of imide groups is 1. The van der Waals surface area contributed by atoms with Crippen LogP contribution in [-0.2, 0) is 14.3 Å². The molecule has 0 spiro atoms. The molecule has 0 aliphatic carbocycles. The van der Waals surface area contributed by atoms with Crippen LogP contribution in [-0.4, -0.2) is 97.3 Å². The third kappa shape index (κ3) is 5.44. The zero-order valence-corrected chi connectivity index (χ0v) is 18.5. The first-order valence-corrected chi connectivity index (χ1v) is 11.1. The molecule has 2 amide bonds. The zero-order valence-electron chi connectivity index (χ0n) is 18.5. The van der Waals surface area contributed by atoms with Crippen LogP contribution in [0.4, 0.5) is 0 Å². The van der Waals surface area contributed by atoms with Gasteiger partial charge in [-0.05, 0) is 38.0 Å². The van der Waals surface area contributed by atoms with Gasteiger partial charge >= 0.3 is 0 Å². The van der Waals surface area contributed by atoms with E-state index in [9.17, 15) is 14.7 Å². The molecule has 1 aromatic carbocycles. The topological polar surface area (TPSA) is 82.6 Å². The SMILES string of the molecule is CCOCCCN1C(=O)C(c2ccc(OCC)cc2)=C(N2CCN(CCO)CC2)C1=O. The molecule has 2 aliphatic rings. The van der Waals surface area contributed by atoms with Gasteiger partial charge in [-0.3, -0.25) is 19.4 Å². The van der Waals surface area contributed by atoms with Gasteiger partial charge in [0.15, 0.2) is 0 Å². The Labute approximate surface area is 184 Å². The van der Waals surface area contributed by atoms with E-state index in [-0.39, 0.29) is 18.4 Å². The van der Waals surface area contributed by atoms with E-state index in [1.165, 1.54) is 4.90 Å². The number of aliphatic hydroxyl groups excluding tert-OH is 1. The number of hydrogen-bond acceptors (Lipinski definition) is 7. The van der Waals surface area contributed by atoms with E-state index in [0.29, 0.717) is 63.7 Å². The number of nitrogens with zero attached hydrogens (tertiary/aromatic N) is 3. The Morgan fingerprint density at radius 3 is 2.26 bits per heavy atom. The maximum Gasteiger partial charge on any atom is 0.277 e. The van der Waals surface area contributed by atoms with Crippen LogP contribution in [0.2, 0.25) is 0 Å². The van der Waals surface area contributed by atoms with Gasteiger partial charge in [0.25, 0.3) is 11.8 Å². The monoisotopic (exact) mass is 431 g/mol. The Morgan fingerprint density at radius 1 is 0.935 bits per heavy atom. The van der Waals surface area contributed by atoms with Crippen LogP contribution in [0.15, 0.2) is 30.0 Å². The Kier molecular flexibility index (Phi) is 8.45. The number of carbonyl (C=O) groups excluding carboxylic acids is 2. The van der Waals surface area contributed by atoms with Crippen molar-refractivity contribution in [3.63, 3.8) is 0 Å². The van der Waals surface area contributed by atoms with Crippen molar-refractivity contribution in [2.24, 2.45) is 0 Å². The number of carbonyl (C=O) groups is 2. The molecule has 170 valence electrons. The van der Waals surface area contributed by atoms with Gasteiger partial charge in [0.2, 0.25) is 0 Å². The van der Waals surface area contributed by atoms with Gasteiger partial charge in [0.1, 0.15) is 11.4 Å². The van der Waals surface area contributed by atoms with Crippen LogP contribution in [0, 0.1) is 0 Å². The van der Waals surface area contributed by atoms with Gasteiger partial charge in [-0.15, -0.1) is 0 Å². The highest BCUT2D eigenvalue weighted by Gasteiger charge is 2.41. The lowest BCUT2D eigenvalue weighted by Crippen LogP contribution is -2.48. The van der Waals surface area contributed by atoms with Gasteiger partial charge in [-0.2, -0.15) is 0 Å². The van der Waals surface area contributed by atoms with Crippen molar-refractivity contribution < 1.29 is 24.2 Å². The molecule has 8 heteroatoms. The number of piperazine rings is 1. The first-order valence-electron chi connectivity index (χ1n) is 11.1. The van der Waals surface area contributed by atoms with Crippen LogP contribution < -0.4 is 4.74 Å². The van der Waals surface area contributed by atoms with Crippen LogP contribution in [0.3, 0.4) is 0 Å². The number of β-amino-alcohol motifs (C(OH)–C–C–N with tert-alkyl or cyclic N) is 1. The summed E-state index contributed by atoms with van der Waals surface area (Å²) >= 11 is 0. The second-order valence-corrected chi connectivity index (χ2v) is 7.55. The molecule has 0 saturated carbocycles. The molecule has 0 aromatic heterocycles. The molecule has 2 heterocycles. The maximum atomic E-state index is 13.3. The Balaban J connectivity index is 1.86. The highest BCUT2D eigenvalue weighted by molar-refractivity contribution is 6.35. The largest absolute Gasteiger partial charge is 0.494 e. The normalized spacial score (nSPS) is 17.8. The van der Waals surface area contributed by atoms with Crippen molar-refractivity contribution >= 4 is 17.4 Å². The van der Waals surface area contributed by atoms with Crippen molar-refractivity contribution in [2.75, 3.05) is 65.7 Å². The maximum absolute atomic E-state index is 13.3. The van der Waals surface area contributed by atoms with Gasteiger partial charge in [0.05, 0.1) is 18.8 Å². The Bertz CT molecular complexity index is 785. The van der Waals surface area contributed by atoms with Gasteiger partial charge in [-0.1, -0.05) is 12.1 Å². The summed E-state index contributed by atoms with van der Waals surface area (Å²) in [7, 11) is 0. The first-order chi connectivity index (χ1) is 15.1. The molecule has 1 aromatic rings. The lowest BCUT2D eigenvalue weighted by Gasteiger charge is -2.36. The molecule has 1 saturated heterocycles. The number of ether oxygens (including phenoxy) is 2. The minimum Gasteiger partial charge on any atom is -0.494 e. The summed E-state index contributed by atoms with van der Waals surface area (Å²) in [6, 6.07) is 7.35. The highest BCUT2D eigenvalue weighted by atomic mass is 16.5. The number of hydrogen-bond donors (Lipinski definition) is 1. The summed E-state index contributed by atoms with van der Waals surface area (Å²) in [5, 5.41) is 9.19. The number of benzene rings is 1. The molecular weight excluding hydrogens is 398 g/mol. The fourth-order valence-corrected chi connectivity index (χ4v) is 4.01. The molecule has 2 aliphatic heterocycles. The lowest BCUT2D eigenvalue weighted by atomic mass is 10.0. The summed E-state index contributed by atoms with van der Waals surface area (Å²) in [5.41, 5.74) is 1.66. The summed E-state index contributed by atoms with van der Waals surface area (Å²) < 4.78 is 10.9. The molecule has 3 rings (SSSR count). The van der Waals surface area contributed by atoms with E-state index in [1.54, 1.807) is 0 Å². The summed E-state index contributed by atoms with van der Waals surface area (Å²) in [6.45, 7) is 9.38. The first kappa shape index (κ1) is 23.2. The predicted octanol–water partition coefficient (Wildman–Crippen LogP) is 1.20. The van der Waals surface area contributed by atoms with Crippen LogP contribution >= 0.6 is 0 Å².